The van der Waals surface area contributed by atoms with Crippen molar-refractivity contribution in [1.82, 2.24) is 0 Å². The van der Waals surface area contributed by atoms with Gasteiger partial charge in [-0.3, -0.25) is 0 Å². The van der Waals surface area contributed by atoms with Crippen molar-refractivity contribution in [2.75, 3.05) is 5.75 Å². The minimum atomic E-state index is 0.876. The van der Waals surface area contributed by atoms with Gasteiger partial charge in [-0.15, -0.1) is 0 Å². The van der Waals surface area contributed by atoms with Crippen molar-refractivity contribution in [3.63, 3.8) is 0 Å². The highest BCUT2D eigenvalue weighted by molar-refractivity contribution is 8.76. The molecule has 94 valence electrons. The molecule has 0 aliphatic carbocycles. The molecule has 0 saturated carbocycles. The molecule has 0 atom stereocenters. The average Bonchev–Trinajstić information content (AvgIpc) is 2.42. The summed E-state index contributed by atoms with van der Waals surface area (Å²) in [6.45, 7) is 2.18. The van der Waals surface area contributed by atoms with Gasteiger partial charge in [0.2, 0.25) is 0 Å². The number of hydrogen-bond acceptors (Lipinski definition) is 3. The summed E-state index contributed by atoms with van der Waals surface area (Å²) in [5.41, 5.74) is 1.33. The molecule has 0 heterocycles. The summed E-state index contributed by atoms with van der Waals surface area (Å²) in [5, 5.41) is 0. The summed E-state index contributed by atoms with van der Waals surface area (Å²) in [6, 6.07) is 18.2. The van der Waals surface area contributed by atoms with Crippen LogP contribution in [-0.2, 0) is 5.75 Å². The van der Waals surface area contributed by atoms with Gasteiger partial charge in [-0.05, 0) is 29.8 Å². The summed E-state index contributed by atoms with van der Waals surface area (Å²) >= 11 is 0. The first-order chi connectivity index (χ1) is 8.88. The lowest BCUT2D eigenvalue weighted by atomic mass is 10.2. The Morgan fingerprint density at radius 1 is 0.833 bits per heavy atom. The van der Waals surface area contributed by atoms with E-state index in [2.05, 4.69) is 19.1 Å². The second kappa shape index (κ2) is 7.39. The first-order valence-corrected chi connectivity index (χ1v) is 8.43. The summed E-state index contributed by atoms with van der Waals surface area (Å²) < 4.78 is 5.75. The van der Waals surface area contributed by atoms with E-state index in [1.165, 1.54) is 5.56 Å². The molecule has 2 aromatic carbocycles. The molecule has 18 heavy (non-hydrogen) atoms. The smallest absolute Gasteiger partial charge is 0.127 e. The molecule has 0 spiro atoms. The van der Waals surface area contributed by atoms with Gasteiger partial charge in [0.15, 0.2) is 0 Å². The van der Waals surface area contributed by atoms with Crippen LogP contribution in [0.2, 0.25) is 0 Å². The van der Waals surface area contributed by atoms with E-state index in [-0.39, 0.29) is 0 Å². The molecular weight excluding hydrogens is 260 g/mol. The Hall–Kier alpha value is -1.06. The minimum absolute atomic E-state index is 0.876. The highest BCUT2D eigenvalue weighted by atomic mass is 33.1. The Morgan fingerprint density at radius 3 is 2.17 bits per heavy atom. The molecule has 0 N–H and O–H groups in total. The van der Waals surface area contributed by atoms with Crippen molar-refractivity contribution >= 4 is 21.6 Å². The number of para-hydroxylation sites is 1. The lowest BCUT2D eigenvalue weighted by Crippen LogP contribution is -1.84. The van der Waals surface area contributed by atoms with E-state index in [1.54, 1.807) is 0 Å². The van der Waals surface area contributed by atoms with Gasteiger partial charge in [0.1, 0.15) is 11.5 Å². The van der Waals surface area contributed by atoms with Crippen LogP contribution in [0.3, 0.4) is 0 Å². The van der Waals surface area contributed by atoms with Crippen LogP contribution in [0.25, 0.3) is 0 Å². The number of ether oxygens (including phenoxy) is 1. The standard InChI is InChI=1S/C15H16OS2/c1-2-17-18-12-13-8-10-15(11-9-13)16-14-6-4-3-5-7-14/h3-11H,2,12H2,1H3. The van der Waals surface area contributed by atoms with E-state index in [0.29, 0.717) is 0 Å². The van der Waals surface area contributed by atoms with E-state index in [0.717, 1.165) is 23.0 Å². The fraction of sp³-hybridized carbons (Fsp3) is 0.200. The van der Waals surface area contributed by atoms with E-state index in [9.17, 15) is 0 Å². The van der Waals surface area contributed by atoms with Crippen molar-refractivity contribution in [2.24, 2.45) is 0 Å². The summed E-state index contributed by atoms with van der Waals surface area (Å²) in [5.74, 6) is 3.96. The van der Waals surface area contributed by atoms with Crippen molar-refractivity contribution < 1.29 is 4.74 Å². The van der Waals surface area contributed by atoms with Crippen molar-refractivity contribution in [1.29, 1.82) is 0 Å². The van der Waals surface area contributed by atoms with Gasteiger partial charge in [-0.2, -0.15) is 0 Å². The Bertz CT molecular complexity index is 454. The number of rotatable bonds is 6. The molecule has 2 rings (SSSR count). The fourth-order valence-corrected chi connectivity index (χ4v) is 3.21. The Kier molecular flexibility index (Phi) is 5.49. The van der Waals surface area contributed by atoms with Crippen LogP contribution in [0, 0.1) is 0 Å². The molecule has 0 amide bonds. The van der Waals surface area contributed by atoms with E-state index in [4.69, 9.17) is 4.74 Å². The molecule has 0 saturated heterocycles. The zero-order valence-corrected chi connectivity index (χ0v) is 12.0. The lowest BCUT2D eigenvalue weighted by molar-refractivity contribution is 0.482. The van der Waals surface area contributed by atoms with Crippen LogP contribution < -0.4 is 4.74 Å². The third-order valence-corrected chi connectivity index (χ3v) is 4.74. The SMILES string of the molecule is CCSSCc1ccc(Oc2ccccc2)cc1. The molecule has 2 aromatic rings. The molecule has 0 fully saturated rings. The lowest BCUT2D eigenvalue weighted by Gasteiger charge is -2.06. The van der Waals surface area contributed by atoms with Crippen LogP contribution in [0.15, 0.2) is 54.6 Å². The van der Waals surface area contributed by atoms with E-state index >= 15 is 0 Å². The highest BCUT2D eigenvalue weighted by Gasteiger charge is 1.98. The Labute approximate surface area is 116 Å². The van der Waals surface area contributed by atoms with Gasteiger partial charge < -0.3 is 4.74 Å². The van der Waals surface area contributed by atoms with Crippen LogP contribution in [0.5, 0.6) is 11.5 Å². The molecule has 0 radical (unpaired) electrons. The van der Waals surface area contributed by atoms with Crippen molar-refractivity contribution in [3.05, 3.63) is 60.2 Å². The van der Waals surface area contributed by atoms with Gasteiger partial charge in [-0.25, -0.2) is 0 Å². The van der Waals surface area contributed by atoms with Gasteiger partial charge in [-0.1, -0.05) is 58.8 Å². The quantitative estimate of drug-likeness (QED) is 0.518. The van der Waals surface area contributed by atoms with Crippen LogP contribution in [0.4, 0.5) is 0 Å². The maximum absolute atomic E-state index is 5.75. The zero-order chi connectivity index (χ0) is 12.6. The first-order valence-electron chi connectivity index (χ1n) is 5.94. The van der Waals surface area contributed by atoms with Crippen LogP contribution in [-0.4, -0.2) is 5.75 Å². The van der Waals surface area contributed by atoms with Crippen molar-refractivity contribution in [3.8, 4) is 11.5 Å². The van der Waals surface area contributed by atoms with Crippen molar-refractivity contribution in [2.45, 2.75) is 12.7 Å². The third kappa shape index (κ3) is 4.31. The van der Waals surface area contributed by atoms with Gasteiger partial charge in [0.05, 0.1) is 0 Å². The highest BCUT2D eigenvalue weighted by Crippen LogP contribution is 2.27. The second-order valence-electron chi connectivity index (χ2n) is 3.73. The number of hydrogen-bond donors (Lipinski definition) is 0. The molecule has 0 bridgehead atoms. The zero-order valence-electron chi connectivity index (χ0n) is 10.3. The monoisotopic (exact) mass is 276 g/mol. The summed E-state index contributed by atoms with van der Waals surface area (Å²) in [7, 11) is 3.79. The molecule has 0 aliphatic heterocycles. The normalized spacial score (nSPS) is 10.3. The van der Waals surface area contributed by atoms with Crippen LogP contribution >= 0.6 is 21.6 Å². The first kappa shape index (κ1) is 13.4. The third-order valence-electron chi connectivity index (χ3n) is 2.33. The largest absolute Gasteiger partial charge is 0.457 e. The topological polar surface area (TPSA) is 9.23 Å². The molecular formula is C15H16OS2. The molecule has 0 aliphatic rings. The Balaban J connectivity index is 1.91. The second-order valence-corrected chi connectivity index (χ2v) is 6.48. The van der Waals surface area contributed by atoms with Gasteiger partial charge in [0, 0.05) is 11.5 Å². The average molecular weight is 276 g/mol. The fourth-order valence-electron chi connectivity index (χ4n) is 1.47. The molecule has 1 nitrogen and oxygen atoms in total. The maximum atomic E-state index is 5.75. The maximum Gasteiger partial charge on any atom is 0.127 e. The van der Waals surface area contributed by atoms with E-state index < -0.39 is 0 Å². The molecule has 0 unspecified atom stereocenters. The number of benzene rings is 2. The predicted octanol–water partition coefficient (Wildman–Crippen LogP) is 5.38. The van der Waals surface area contributed by atoms with Gasteiger partial charge >= 0.3 is 0 Å². The molecule has 3 heteroatoms. The minimum Gasteiger partial charge on any atom is -0.457 e. The summed E-state index contributed by atoms with van der Waals surface area (Å²) in [6.07, 6.45) is 0. The van der Waals surface area contributed by atoms with E-state index in [1.807, 2.05) is 64.1 Å². The Morgan fingerprint density at radius 2 is 1.50 bits per heavy atom. The van der Waals surface area contributed by atoms with Gasteiger partial charge in [0.25, 0.3) is 0 Å². The predicted molar refractivity (Wildman–Crippen MR) is 82.4 cm³/mol. The summed E-state index contributed by atoms with van der Waals surface area (Å²) in [4.78, 5) is 0. The van der Waals surface area contributed by atoms with Crippen LogP contribution in [0.1, 0.15) is 12.5 Å². The molecule has 0 aromatic heterocycles.